The highest BCUT2D eigenvalue weighted by Crippen LogP contribution is 2.00. The molecule has 4 heteroatoms. The molecule has 0 bridgehead atoms. The third-order valence-corrected chi connectivity index (χ3v) is 1.67. The molecular weight excluding hydrogens is 192 g/mol. The summed E-state index contributed by atoms with van der Waals surface area (Å²) in [6.45, 7) is -0.190. The molecule has 4 nitrogen and oxygen atoms in total. The molecule has 3 N–H and O–H groups in total. The van der Waals surface area contributed by atoms with Crippen molar-refractivity contribution in [2.75, 3.05) is 6.54 Å². The van der Waals surface area contributed by atoms with Gasteiger partial charge in [0.25, 0.3) is 5.91 Å². The Labute approximate surface area is 87.8 Å². The van der Waals surface area contributed by atoms with Crippen molar-refractivity contribution in [2.24, 2.45) is 5.73 Å². The quantitative estimate of drug-likeness (QED) is 0.695. The molecule has 0 heterocycles. The van der Waals surface area contributed by atoms with Crippen LogP contribution in [0.5, 0.6) is 0 Å². The number of carbonyl (C=O) groups excluding carboxylic acids is 2. The summed E-state index contributed by atoms with van der Waals surface area (Å²) in [5.41, 5.74) is 5.94. The van der Waals surface area contributed by atoms with E-state index in [2.05, 4.69) is 5.32 Å². The van der Waals surface area contributed by atoms with Gasteiger partial charge in [0.2, 0.25) is 5.91 Å². The van der Waals surface area contributed by atoms with E-state index in [9.17, 15) is 9.59 Å². The van der Waals surface area contributed by atoms with Crippen LogP contribution in [-0.4, -0.2) is 18.4 Å². The van der Waals surface area contributed by atoms with Crippen LogP contribution >= 0.6 is 0 Å². The molecule has 0 saturated heterocycles. The fourth-order valence-electron chi connectivity index (χ4n) is 0.966. The summed E-state index contributed by atoms with van der Waals surface area (Å²) in [4.78, 5) is 21.9. The van der Waals surface area contributed by atoms with Crippen molar-refractivity contribution in [3.8, 4) is 0 Å². The van der Waals surface area contributed by atoms with Crippen LogP contribution in [0.4, 0.5) is 0 Å². The highest BCUT2D eigenvalue weighted by molar-refractivity contribution is 6.03. The Kier molecular flexibility index (Phi) is 4.25. The summed E-state index contributed by atoms with van der Waals surface area (Å²) >= 11 is 0. The zero-order valence-electron chi connectivity index (χ0n) is 8.14. The fraction of sp³-hybridized carbons (Fsp3) is 0.0909. The molecule has 0 fully saturated rings. The number of imide groups is 1. The van der Waals surface area contributed by atoms with Gasteiger partial charge in [-0.15, -0.1) is 0 Å². The first kappa shape index (κ1) is 11.1. The number of benzene rings is 1. The largest absolute Gasteiger partial charge is 0.322 e. The molecule has 0 saturated carbocycles. The Hall–Kier alpha value is -1.94. The van der Waals surface area contributed by atoms with Crippen LogP contribution < -0.4 is 11.1 Å². The summed E-state index contributed by atoms with van der Waals surface area (Å²) in [5.74, 6) is -0.952. The minimum atomic E-state index is -0.488. The van der Waals surface area contributed by atoms with Crippen LogP contribution in [0.3, 0.4) is 0 Å². The second kappa shape index (κ2) is 5.72. The maximum Gasteiger partial charge on any atom is 0.250 e. The van der Waals surface area contributed by atoms with Gasteiger partial charge < -0.3 is 5.73 Å². The molecule has 78 valence electrons. The van der Waals surface area contributed by atoms with E-state index < -0.39 is 11.8 Å². The smallest absolute Gasteiger partial charge is 0.250 e. The predicted octanol–water partition coefficient (Wildman–Crippen LogP) is 0.301. The molecule has 0 unspecified atom stereocenters. The van der Waals surface area contributed by atoms with E-state index in [1.54, 1.807) is 6.08 Å². The Morgan fingerprint density at radius 3 is 2.53 bits per heavy atom. The number of hydrogen-bond donors (Lipinski definition) is 2. The Balaban J connectivity index is 2.52. The van der Waals surface area contributed by atoms with Gasteiger partial charge in [0, 0.05) is 6.08 Å². The lowest BCUT2D eigenvalue weighted by molar-refractivity contribution is -0.127. The van der Waals surface area contributed by atoms with Crippen molar-refractivity contribution in [2.45, 2.75) is 0 Å². The third kappa shape index (κ3) is 4.19. The van der Waals surface area contributed by atoms with E-state index in [1.807, 2.05) is 30.3 Å². The summed E-state index contributed by atoms with van der Waals surface area (Å²) in [6, 6.07) is 9.32. The first-order valence-electron chi connectivity index (χ1n) is 4.49. The number of amides is 2. The van der Waals surface area contributed by atoms with Gasteiger partial charge in [-0.1, -0.05) is 30.3 Å². The lowest BCUT2D eigenvalue weighted by Gasteiger charge is -1.96. The second-order valence-electron chi connectivity index (χ2n) is 2.86. The molecule has 0 aliphatic rings. The molecule has 2 amide bonds. The predicted molar refractivity (Wildman–Crippen MR) is 57.7 cm³/mol. The van der Waals surface area contributed by atoms with Crippen molar-refractivity contribution in [1.29, 1.82) is 0 Å². The van der Waals surface area contributed by atoms with E-state index >= 15 is 0 Å². The van der Waals surface area contributed by atoms with Crippen LogP contribution in [0.2, 0.25) is 0 Å². The van der Waals surface area contributed by atoms with E-state index in [0.717, 1.165) is 5.56 Å². The number of nitrogens with one attached hydrogen (secondary N) is 1. The highest BCUT2D eigenvalue weighted by Gasteiger charge is 2.00. The van der Waals surface area contributed by atoms with Crippen molar-refractivity contribution in [3.63, 3.8) is 0 Å². The van der Waals surface area contributed by atoms with Gasteiger partial charge in [0.05, 0.1) is 6.54 Å². The van der Waals surface area contributed by atoms with Crippen LogP contribution in [0, 0.1) is 0 Å². The average Bonchev–Trinajstić information content (AvgIpc) is 2.27. The lowest BCUT2D eigenvalue weighted by Crippen LogP contribution is -2.34. The molecule has 0 spiro atoms. The molecule has 0 aliphatic heterocycles. The molecule has 0 aromatic heterocycles. The third-order valence-electron chi connectivity index (χ3n) is 1.67. The minimum absolute atomic E-state index is 0.190. The molecule has 0 atom stereocenters. The molecular formula is C11H12N2O2. The van der Waals surface area contributed by atoms with Crippen molar-refractivity contribution >= 4 is 17.9 Å². The Morgan fingerprint density at radius 2 is 1.93 bits per heavy atom. The van der Waals surface area contributed by atoms with Crippen LogP contribution in [0.1, 0.15) is 5.56 Å². The van der Waals surface area contributed by atoms with Gasteiger partial charge in [-0.05, 0) is 11.6 Å². The second-order valence-corrected chi connectivity index (χ2v) is 2.86. The minimum Gasteiger partial charge on any atom is -0.322 e. The zero-order chi connectivity index (χ0) is 11.1. The van der Waals surface area contributed by atoms with Crippen LogP contribution in [0.15, 0.2) is 36.4 Å². The molecule has 1 aromatic carbocycles. The summed E-state index contributed by atoms with van der Waals surface area (Å²) in [7, 11) is 0. The van der Waals surface area contributed by atoms with E-state index in [-0.39, 0.29) is 6.54 Å². The maximum absolute atomic E-state index is 11.1. The number of nitrogens with two attached hydrogens (primary N) is 1. The fourth-order valence-corrected chi connectivity index (χ4v) is 0.966. The van der Waals surface area contributed by atoms with Crippen molar-refractivity contribution in [3.05, 3.63) is 42.0 Å². The first-order valence-corrected chi connectivity index (χ1v) is 4.49. The monoisotopic (exact) mass is 204 g/mol. The molecule has 0 radical (unpaired) electrons. The Bertz CT molecular complexity index is 371. The van der Waals surface area contributed by atoms with Gasteiger partial charge in [0.15, 0.2) is 0 Å². The zero-order valence-corrected chi connectivity index (χ0v) is 8.14. The van der Waals surface area contributed by atoms with Gasteiger partial charge >= 0.3 is 0 Å². The van der Waals surface area contributed by atoms with Gasteiger partial charge in [-0.3, -0.25) is 14.9 Å². The maximum atomic E-state index is 11.1. The van der Waals surface area contributed by atoms with Crippen LogP contribution in [0.25, 0.3) is 6.08 Å². The molecule has 1 aromatic rings. The molecule has 1 rings (SSSR count). The summed E-state index contributed by atoms with van der Waals surface area (Å²) < 4.78 is 0. The van der Waals surface area contributed by atoms with Crippen molar-refractivity contribution in [1.82, 2.24) is 5.32 Å². The standard InChI is InChI=1S/C11H12N2O2/c12-8-11(15)13-10(14)7-6-9-4-2-1-3-5-9/h1-7H,8,12H2,(H,13,14,15)/b7-6+. The average molecular weight is 204 g/mol. The van der Waals surface area contributed by atoms with Crippen LogP contribution in [-0.2, 0) is 9.59 Å². The van der Waals surface area contributed by atoms with E-state index in [1.165, 1.54) is 6.08 Å². The van der Waals surface area contributed by atoms with Gasteiger partial charge in [0.1, 0.15) is 0 Å². The van der Waals surface area contributed by atoms with Gasteiger partial charge in [-0.25, -0.2) is 0 Å². The topological polar surface area (TPSA) is 72.2 Å². The summed E-state index contributed by atoms with van der Waals surface area (Å²) in [6.07, 6.45) is 2.92. The molecule has 0 aliphatic carbocycles. The highest BCUT2D eigenvalue weighted by atomic mass is 16.2. The number of rotatable bonds is 3. The van der Waals surface area contributed by atoms with E-state index in [4.69, 9.17) is 5.73 Å². The van der Waals surface area contributed by atoms with E-state index in [0.29, 0.717) is 0 Å². The molecule has 15 heavy (non-hydrogen) atoms. The lowest BCUT2D eigenvalue weighted by atomic mass is 10.2. The van der Waals surface area contributed by atoms with Crippen molar-refractivity contribution < 1.29 is 9.59 Å². The SMILES string of the molecule is NCC(=O)NC(=O)/C=C/c1ccccc1. The normalized spacial score (nSPS) is 10.2. The summed E-state index contributed by atoms with van der Waals surface area (Å²) in [5, 5.41) is 2.11. The number of carbonyl (C=O) groups is 2. The Morgan fingerprint density at radius 1 is 1.27 bits per heavy atom. The first-order chi connectivity index (χ1) is 7.22. The van der Waals surface area contributed by atoms with Gasteiger partial charge in [-0.2, -0.15) is 0 Å². The number of hydrogen-bond acceptors (Lipinski definition) is 3.